The van der Waals surface area contributed by atoms with Gasteiger partial charge >= 0.3 is 6.36 Å². The summed E-state index contributed by atoms with van der Waals surface area (Å²) in [5.74, 6) is -0.399. The van der Waals surface area contributed by atoms with E-state index in [1.54, 1.807) is 6.07 Å². The third-order valence-corrected chi connectivity index (χ3v) is 6.57. The van der Waals surface area contributed by atoms with Crippen LogP contribution in [0.4, 0.5) is 13.2 Å². The lowest BCUT2D eigenvalue weighted by atomic mass is 10.2. The van der Waals surface area contributed by atoms with Crippen LogP contribution in [0.5, 0.6) is 11.6 Å². The number of alkyl halides is 3. The van der Waals surface area contributed by atoms with Crippen molar-refractivity contribution in [1.82, 2.24) is 9.29 Å². The molecule has 0 bridgehead atoms. The van der Waals surface area contributed by atoms with Crippen LogP contribution < -0.4 is 9.47 Å². The van der Waals surface area contributed by atoms with Crippen molar-refractivity contribution >= 4 is 20.9 Å². The van der Waals surface area contributed by atoms with Gasteiger partial charge in [-0.1, -0.05) is 30.3 Å². The molecule has 0 unspecified atom stereocenters. The smallest absolute Gasteiger partial charge is 0.473 e. The van der Waals surface area contributed by atoms with E-state index < -0.39 is 33.1 Å². The number of nitrogens with zero attached hydrogens (tertiary/aromatic N) is 2. The molecule has 2 heterocycles. The lowest BCUT2D eigenvalue weighted by Gasteiger charge is -2.19. The molecule has 0 aliphatic carbocycles. The van der Waals surface area contributed by atoms with Crippen LogP contribution in [0.3, 0.4) is 0 Å². The standard InChI is InChI=1S/C20H17F3N2O4S/c21-20(22,23)29-17-7-3-4-8-18(17)30(26,27)25-12-11-15(13-25)28-19-10-9-14-5-1-2-6-16(14)24-19/h1-10,15H,11-13H2/t15-/m0/s1. The number of sulfonamides is 1. The van der Waals surface area contributed by atoms with Crippen molar-refractivity contribution in [3.63, 3.8) is 0 Å². The van der Waals surface area contributed by atoms with E-state index in [1.165, 1.54) is 12.1 Å². The molecule has 0 N–H and O–H groups in total. The van der Waals surface area contributed by atoms with Gasteiger partial charge < -0.3 is 9.47 Å². The van der Waals surface area contributed by atoms with E-state index >= 15 is 0 Å². The van der Waals surface area contributed by atoms with Crippen molar-refractivity contribution in [3.05, 3.63) is 60.7 Å². The molecule has 3 aromatic rings. The van der Waals surface area contributed by atoms with Crippen LogP contribution in [0.15, 0.2) is 65.6 Å². The van der Waals surface area contributed by atoms with Crippen LogP contribution in [-0.4, -0.2) is 43.3 Å². The van der Waals surface area contributed by atoms with Crippen LogP contribution in [0.25, 0.3) is 10.9 Å². The fourth-order valence-electron chi connectivity index (χ4n) is 3.31. The molecule has 1 aliphatic heterocycles. The van der Waals surface area contributed by atoms with Crippen LogP contribution in [0.2, 0.25) is 0 Å². The number of benzene rings is 2. The first-order valence-electron chi connectivity index (χ1n) is 9.10. The molecular formula is C20H17F3N2O4S. The molecule has 6 nitrogen and oxygen atoms in total. The molecule has 1 fully saturated rings. The largest absolute Gasteiger partial charge is 0.573 e. The van der Waals surface area contributed by atoms with Gasteiger partial charge in [-0.15, -0.1) is 13.2 Å². The topological polar surface area (TPSA) is 68.7 Å². The quantitative estimate of drug-likeness (QED) is 0.603. The minimum absolute atomic E-state index is 0.00279. The van der Waals surface area contributed by atoms with Crippen LogP contribution in [0.1, 0.15) is 6.42 Å². The Morgan fingerprint density at radius 2 is 1.73 bits per heavy atom. The molecule has 1 aliphatic rings. The highest BCUT2D eigenvalue weighted by Crippen LogP contribution is 2.33. The zero-order valence-electron chi connectivity index (χ0n) is 15.5. The Balaban J connectivity index is 1.51. The maximum absolute atomic E-state index is 12.9. The van der Waals surface area contributed by atoms with Gasteiger partial charge in [-0.25, -0.2) is 13.4 Å². The van der Waals surface area contributed by atoms with Crippen LogP contribution >= 0.6 is 0 Å². The molecule has 0 spiro atoms. The van der Waals surface area contributed by atoms with Gasteiger partial charge in [0.15, 0.2) is 0 Å². The van der Waals surface area contributed by atoms with Crippen molar-refractivity contribution < 1.29 is 31.1 Å². The Morgan fingerprint density at radius 1 is 1.00 bits per heavy atom. The summed E-state index contributed by atoms with van der Waals surface area (Å²) in [5, 5.41) is 0.946. The third-order valence-electron chi connectivity index (χ3n) is 4.66. The zero-order valence-corrected chi connectivity index (χ0v) is 16.4. The van der Waals surface area contributed by atoms with Gasteiger partial charge in [0.2, 0.25) is 15.9 Å². The summed E-state index contributed by atoms with van der Waals surface area (Å²) < 4.78 is 74.6. The second kappa shape index (κ2) is 7.77. The molecule has 1 aromatic heterocycles. The third kappa shape index (κ3) is 4.34. The van der Waals surface area contributed by atoms with E-state index in [-0.39, 0.29) is 13.1 Å². The van der Waals surface area contributed by atoms with Crippen molar-refractivity contribution in [2.24, 2.45) is 0 Å². The summed E-state index contributed by atoms with van der Waals surface area (Å²) >= 11 is 0. The summed E-state index contributed by atoms with van der Waals surface area (Å²) in [5.41, 5.74) is 0.746. The highest BCUT2D eigenvalue weighted by atomic mass is 32.2. The number of fused-ring (bicyclic) bond motifs is 1. The molecule has 1 atom stereocenters. The van der Waals surface area contributed by atoms with E-state index in [2.05, 4.69) is 9.72 Å². The maximum atomic E-state index is 12.9. The average Bonchev–Trinajstić information content (AvgIpc) is 3.16. The Hall–Kier alpha value is -2.85. The van der Waals surface area contributed by atoms with Crippen molar-refractivity contribution in [2.75, 3.05) is 13.1 Å². The number of hydrogen-bond donors (Lipinski definition) is 0. The van der Waals surface area contributed by atoms with Gasteiger partial charge in [0.05, 0.1) is 12.1 Å². The minimum Gasteiger partial charge on any atom is -0.473 e. The fraction of sp³-hybridized carbons (Fsp3) is 0.250. The van der Waals surface area contributed by atoms with Gasteiger partial charge in [0.25, 0.3) is 0 Å². The molecule has 0 amide bonds. The van der Waals surface area contributed by atoms with Crippen LogP contribution in [-0.2, 0) is 10.0 Å². The first-order valence-corrected chi connectivity index (χ1v) is 10.5. The molecule has 10 heteroatoms. The highest BCUT2D eigenvalue weighted by Gasteiger charge is 2.38. The van der Waals surface area contributed by atoms with Gasteiger partial charge in [-0.3, -0.25) is 0 Å². The molecule has 0 radical (unpaired) electrons. The number of para-hydroxylation sites is 2. The number of aromatic nitrogens is 1. The molecule has 1 saturated heterocycles. The van der Waals surface area contributed by atoms with E-state index in [0.29, 0.717) is 12.3 Å². The summed E-state index contributed by atoms with van der Waals surface area (Å²) in [6, 6.07) is 15.7. The maximum Gasteiger partial charge on any atom is 0.573 e. The predicted molar refractivity (Wildman–Crippen MR) is 103 cm³/mol. The second-order valence-corrected chi connectivity index (χ2v) is 8.63. The Bertz CT molecular complexity index is 1170. The van der Waals surface area contributed by atoms with Gasteiger partial charge in [0.1, 0.15) is 16.7 Å². The van der Waals surface area contributed by atoms with E-state index in [0.717, 1.165) is 27.3 Å². The van der Waals surface area contributed by atoms with Gasteiger partial charge in [-0.05, 0) is 30.7 Å². The van der Waals surface area contributed by atoms with E-state index in [9.17, 15) is 21.6 Å². The normalized spacial score (nSPS) is 17.9. The van der Waals surface area contributed by atoms with E-state index in [4.69, 9.17) is 4.74 Å². The second-order valence-electron chi connectivity index (χ2n) is 6.73. The molecule has 30 heavy (non-hydrogen) atoms. The molecule has 4 rings (SSSR count). The van der Waals surface area contributed by atoms with E-state index in [1.807, 2.05) is 30.3 Å². The number of pyridine rings is 1. The van der Waals surface area contributed by atoms with Gasteiger partial charge in [0, 0.05) is 18.0 Å². The monoisotopic (exact) mass is 438 g/mol. The SMILES string of the molecule is O=S(=O)(c1ccccc1OC(F)(F)F)N1CC[C@H](Oc2ccc3ccccc3n2)C1. The summed E-state index contributed by atoms with van der Waals surface area (Å²) in [6.45, 7) is 0.109. The van der Waals surface area contributed by atoms with Crippen molar-refractivity contribution in [3.8, 4) is 11.6 Å². The van der Waals surface area contributed by atoms with Crippen LogP contribution in [0, 0.1) is 0 Å². The molecule has 158 valence electrons. The average molecular weight is 438 g/mol. The minimum atomic E-state index is -5.00. The predicted octanol–water partition coefficient (Wildman–Crippen LogP) is 3.98. The molecule has 0 saturated carbocycles. The Kier molecular flexibility index (Phi) is 5.29. The first kappa shape index (κ1) is 20.4. The number of ether oxygens (including phenoxy) is 2. The Morgan fingerprint density at radius 3 is 2.53 bits per heavy atom. The fourth-order valence-corrected chi connectivity index (χ4v) is 4.91. The number of rotatable bonds is 5. The van der Waals surface area contributed by atoms with Crippen molar-refractivity contribution in [2.45, 2.75) is 23.8 Å². The molecule has 2 aromatic carbocycles. The molecular weight excluding hydrogens is 421 g/mol. The lowest BCUT2D eigenvalue weighted by Crippen LogP contribution is -2.32. The summed E-state index contributed by atoms with van der Waals surface area (Å²) in [7, 11) is -4.19. The number of hydrogen-bond acceptors (Lipinski definition) is 5. The van der Waals surface area contributed by atoms with Gasteiger partial charge in [-0.2, -0.15) is 4.31 Å². The first-order chi connectivity index (χ1) is 14.2. The Labute approximate surface area is 170 Å². The lowest BCUT2D eigenvalue weighted by molar-refractivity contribution is -0.275. The number of halogens is 3. The highest BCUT2D eigenvalue weighted by molar-refractivity contribution is 7.89. The summed E-state index contributed by atoms with van der Waals surface area (Å²) in [4.78, 5) is 3.87. The van der Waals surface area contributed by atoms with Crippen molar-refractivity contribution in [1.29, 1.82) is 0 Å². The summed E-state index contributed by atoms with van der Waals surface area (Å²) in [6.07, 6.45) is -5.08. The zero-order chi connectivity index (χ0) is 21.4.